The van der Waals surface area contributed by atoms with Gasteiger partial charge < -0.3 is 20.8 Å². The number of nitrogens with zero attached hydrogens (tertiary/aromatic N) is 1. The van der Waals surface area contributed by atoms with Crippen molar-refractivity contribution in [2.24, 2.45) is 45.4 Å². The van der Waals surface area contributed by atoms with Crippen LogP contribution in [-0.4, -0.2) is 41.3 Å². The largest absolute Gasteiger partial charge is 0.396 e. The molecule has 0 aliphatic heterocycles. The smallest absolute Gasteiger partial charge is 0.118 e. The SMILES string of the molecule is CCC(/C=N/OCCCN)=C\C1C[C@H](O)C[C@H]2CC[C@@H]3[C@H](CC[C@]4(C)CCC[C@]34O)[C@@]12C. The highest BCUT2D eigenvalue weighted by Crippen LogP contribution is 2.68. The summed E-state index contributed by atoms with van der Waals surface area (Å²) in [6.45, 7) is 8.16. The van der Waals surface area contributed by atoms with Gasteiger partial charge in [0.2, 0.25) is 0 Å². The van der Waals surface area contributed by atoms with Gasteiger partial charge in [0.05, 0.1) is 17.9 Å². The van der Waals surface area contributed by atoms with Crippen LogP contribution in [0.25, 0.3) is 0 Å². The van der Waals surface area contributed by atoms with Crippen molar-refractivity contribution in [1.82, 2.24) is 0 Å². The molecule has 0 radical (unpaired) electrons. The summed E-state index contributed by atoms with van der Waals surface area (Å²) in [6.07, 6.45) is 15.4. The van der Waals surface area contributed by atoms with Crippen LogP contribution in [0.3, 0.4) is 0 Å². The first-order chi connectivity index (χ1) is 15.3. The zero-order chi connectivity index (χ0) is 23.0. The second kappa shape index (κ2) is 9.38. The van der Waals surface area contributed by atoms with Crippen LogP contribution < -0.4 is 5.73 Å². The van der Waals surface area contributed by atoms with E-state index in [-0.39, 0.29) is 16.9 Å². The summed E-state index contributed by atoms with van der Waals surface area (Å²) in [5.74, 6) is 1.76. The fourth-order valence-electron chi connectivity index (χ4n) is 8.41. The van der Waals surface area contributed by atoms with Gasteiger partial charge in [0, 0.05) is 0 Å². The lowest BCUT2D eigenvalue weighted by molar-refractivity contribution is -0.211. The minimum atomic E-state index is -0.500. The monoisotopic (exact) mass is 446 g/mol. The van der Waals surface area contributed by atoms with Gasteiger partial charge in [-0.15, -0.1) is 0 Å². The number of aliphatic hydroxyl groups is 2. The van der Waals surface area contributed by atoms with Gasteiger partial charge in [0.1, 0.15) is 6.61 Å². The first-order valence-electron chi connectivity index (χ1n) is 13.2. The Morgan fingerprint density at radius 1 is 1.12 bits per heavy atom. The molecule has 0 bridgehead atoms. The molecule has 5 heteroatoms. The zero-order valence-electron chi connectivity index (χ0n) is 20.6. The Labute approximate surface area is 194 Å². The van der Waals surface area contributed by atoms with Crippen LogP contribution in [0.4, 0.5) is 0 Å². The van der Waals surface area contributed by atoms with Crippen LogP contribution in [0.15, 0.2) is 16.8 Å². The van der Waals surface area contributed by atoms with Gasteiger partial charge in [0.25, 0.3) is 0 Å². The van der Waals surface area contributed by atoms with Gasteiger partial charge in [0.15, 0.2) is 0 Å². The quantitative estimate of drug-likeness (QED) is 0.297. The molecule has 0 aromatic carbocycles. The predicted octanol–water partition coefficient (Wildman–Crippen LogP) is 4.81. The molecule has 0 aromatic heterocycles. The zero-order valence-corrected chi connectivity index (χ0v) is 20.6. The van der Waals surface area contributed by atoms with E-state index in [0.29, 0.717) is 36.8 Å². The molecule has 0 amide bonds. The maximum Gasteiger partial charge on any atom is 0.118 e. The standard InChI is InChI=1S/C27H46N2O3/c1-4-19(18-29-32-14-6-13-28)15-21-17-22(30)16-20-7-8-24-23(26(20,21)3)9-12-25(2)10-5-11-27(24,25)31/h15,18,20-24,30-31H,4-14,16-17,28H2,1-3H3/b19-15+,29-18+/t20-,21?,22-,23+,24-,25+,26-,27+/m1/s1. The molecular formula is C27H46N2O3. The first-order valence-corrected chi connectivity index (χ1v) is 13.2. The Kier molecular flexibility index (Phi) is 7.10. The minimum Gasteiger partial charge on any atom is -0.396 e. The van der Waals surface area contributed by atoms with Crippen molar-refractivity contribution in [3.05, 3.63) is 11.6 Å². The molecule has 4 rings (SSSR count). The third-order valence-electron chi connectivity index (χ3n) is 10.4. The molecule has 4 N–H and O–H groups in total. The molecule has 182 valence electrons. The van der Waals surface area contributed by atoms with Crippen LogP contribution in [0, 0.1) is 34.5 Å². The third-order valence-corrected chi connectivity index (χ3v) is 10.4. The van der Waals surface area contributed by atoms with E-state index in [4.69, 9.17) is 10.6 Å². The van der Waals surface area contributed by atoms with Gasteiger partial charge in [-0.3, -0.25) is 0 Å². The van der Waals surface area contributed by atoms with Gasteiger partial charge in [-0.25, -0.2) is 0 Å². The molecule has 8 atom stereocenters. The average molecular weight is 447 g/mol. The number of fused-ring (bicyclic) bond motifs is 5. The van der Waals surface area contributed by atoms with E-state index < -0.39 is 5.60 Å². The summed E-state index contributed by atoms with van der Waals surface area (Å²) in [5.41, 5.74) is 6.43. The number of allylic oxidation sites excluding steroid dienone is 2. The van der Waals surface area contributed by atoms with Crippen LogP contribution in [0.2, 0.25) is 0 Å². The number of nitrogens with two attached hydrogens (primary N) is 1. The van der Waals surface area contributed by atoms with Crippen LogP contribution in [0.1, 0.15) is 91.4 Å². The second-order valence-electron chi connectivity index (χ2n) is 11.8. The van der Waals surface area contributed by atoms with E-state index in [1.54, 1.807) is 0 Å². The lowest BCUT2D eigenvalue weighted by atomic mass is 9.41. The Morgan fingerprint density at radius 3 is 2.69 bits per heavy atom. The summed E-state index contributed by atoms with van der Waals surface area (Å²) in [7, 11) is 0. The van der Waals surface area contributed by atoms with E-state index in [2.05, 4.69) is 32.0 Å². The molecule has 4 fully saturated rings. The topological polar surface area (TPSA) is 88.1 Å². The van der Waals surface area contributed by atoms with Crippen molar-refractivity contribution >= 4 is 6.21 Å². The van der Waals surface area contributed by atoms with Crippen LogP contribution >= 0.6 is 0 Å². The number of rotatable bonds is 7. The summed E-state index contributed by atoms with van der Waals surface area (Å²) in [4.78, 5) is 5.37. The van der Waals surface area contributed by atoms with E-state index in [1.165, 1.54) is 24.8 Å². The van der Waals surface area contributed by atoms with Crippen molar-refractivity contribution in [1.29, 1.82) is 0 Å². The van der Waals surface area contributed by atoms with Crippen LogP contribution in [-0.2, 0) is 4.84 Å². The van der Waals surface area contributed by atoms with Crippen molar-refractivity contribution in [3.63, 3.8) is 0 Å². The fraction of sp³-hybridized carbons (Fsp3) is 0.889. The maximum atomic E-state index is 12.0. The molecule has 5 nitrogen and oxygen atoms in total. The second-order valence-corrected chi connectivity index (χ2v) is 11.8. The summed E-state index contributed by atoms with van der Waals surface area (Å²) >= 11 is 0. The molecule has 4 aliphatic rings. The predicted molar refractivity (Wildman–Crippen MR) is 129 cm³/mol. The number of oxime groups is 1. The van der Waals surface area contributed by atoms with E-state index in [1.807, 2.05) is 6.21 Å². The fourth-order valence-corrected chi connectivity index (χ4v) is 8.41. The van der Waals surface area contributed by atoms with Crippen LogP contribution in [0.5, 0.6) is 0 Å². The molecule has 0 spiro atoms. The Bertz CT molecular complexity index is 724. The minimum absolute atomic E-state index is 0.0962. The number of hydrogen-bond donors (Lipinski definition) is 3. The molecule has 4 saturated carbocycles. The third kappa shape index (κ3) is 3.96. The molecule has 32 heavy (non-hydrogen) atoms. The first kappa shape index (κ1) is 24.2. The highest BCUT2D eigenvalue weighted by atomic mass is 16.6. The lowest BCUT2D eigenvalue weighted by Crippen LogP contribution is -2.62. The Hall–Kier alpha value is -0.910. The van der Waals surface area contributed by atoms with Crippen molar-refractivity contribution in [2.45, 2.75) is 103 Å². The number of hydrogen-bond acceptors (Lipinski definition) is 5. The highest BCUT2D eigenvalue weighted by molar-refractivity contribution is 5.77. The number of aliphatic hydroxyl groups excluding tert-OH is 1. The van der Waals surface area contributed by atoms with E-state index in [9.17, 15) is 10.2 Å². The highest BCUT2D eigenvalue weighted by Gasteiger charge is 2.65. The molecule has 4 aliphatic carbocycles. The van der Waals surface area contributed by atoms with Crippen molar-refractivity contribution < 1.29 is 15.1 Å². The average Bonchev–Trinajstić information content (AvgIpc) is 3.08. The van der Waals surface area contributed by atoms with Crippen molar-refractivity contribution in [2.75, 3.05) is 13.2 Å². The molecule has 1 unspecified atom stereocenters. The van der Waals surface area contributed by atoms with Gasteiger partial charge >= 0.3 is 0 Å². The van der Waals surface area contributed by atoms with E-state index in [0.717, 1.165) is 51.4 Å². The summed E-state index contributed by atoms with van der Waals surface area (Å²) < 4.78 is 0. The van der Waals surface area contributed by atoms with Gasteiger partial charge in [-0.2, -0.15) is 0 Å². The summed E-state index contributed by atoms with van der Waals surface area (Å²) in [5, 5.41) is 27.0. The molecule has 0 aromatic rings. The molecule has 0 saturated heterocycles. The van der Waals surface area contributed by atoms with Gasteiger partial charge in [-0.05, 0) is 117 Å². The normalized spacial score (nSPS) is 46.6. The Balaban J connectivity index is 1.61. The van der Waals surface area contributed by atoms with Gasteiger partial charge in [-0.1, -0.05) is 32.0 Å². The van der Waals surface area contributed by atoms with E-state index >= 15 is 0 Å². The lowest BCUT2D eigenvalue weighted by Gasteiger charge is -2.64. The van der Waals surface area contributed by atoms with Crippen molar-refractivity contribution in [3.8, 4) is 0 Å². The Morgan fingerprint density at radius 2 is 1.94 bits per heavy atom. The molecular weight excluding hydrogens is 400 g/mol. The maximum absolute atomic E-state index is 12.0. The summed E-state index contributed by atoms with van der Waals surface area (Å²) in [6, 6.07) is 0. The molecule has 0 heterocycles.